The number of alkyl halides is 5. The average molecular weight is 609 g/mol. The number of fused-ring (bicyclic) bond motifs is 3. The number of halogens is 5. The van der Waals surface area contributed by atoms with Crippen LogP contribution in [0.3, 0.4) is 0 Å². The lowest BCUT2D eigenvalue weighted by Crippen LogP contribution is -2.36. The molecule has 2 bridgehead atoms. The summed E-state index contributed by atoms with van der Waals surface area (Å²) in [6.07, 6.45) is -5.55. The lowest BCUT2D eigenvalue weighted by Gasteiger charge is -2.34. The van der Waals surface area contributed by atoms with Gasteiger partial charge in [0, 0.05) is 23.9 Å². The van der Waals surface area contributed by atoms with Crippen molar-refractivity contribution in [2.75, 3.05) is 0 Å². The number of ether oxygens (including phenoxy) is 4. The maximum absolute atomic E-state index is 14.1. The van der Waals surface area contributed by atoms with Gasteiger partial charge in [-0.25, -0.2) is 9.67 Å². The Labute approximate surface area is 240 Å². The van der Waals surface area contributed by atoms with Gasteiger partial charge in [-0.15, -0.1) is 8.78 Å². The third-order valence-corrected chi connectivity index (χ3v) is 8.69. The minimum atomic E-state index is -4.71. The zero-order chi connectivity index (χ0) is 30.3. The van der Waals surface area contributed by atoms with Crippen LogP contribution in [0.2, 0.25) is 0 Å². The molecule has 3 aromatic rings. The predicted molar refractivity (Wildman–Crippen MR) is 134 cm³/mol. The fourth-order valence-electron chi connectivity index (χ4n) is 6.69. The van der Waals surface area contributed by atoms with E-state index in [-0.39, 0.29) is 58.5 Å². The largest absolute Gasteiger partial charge is 0.586 e. The maximum Gasteiger partial charge on any atom is 0.586 e. The van der Waals surface area contributed by atoms with Crippen molar-refractivity contribution in [1.29, 1.82) is 0 Å². The summed E-state index contributed by atoms with van der Waals surface area (Å²) in [6.45, 7) is 1.59. The molecule has 0 saturated heterocycles. The summed E-state index contributed by atoms with van der Waals surface area (Å²) in [4.78, 5) is 20.0. The van der Waals surface area contributed by atoms with E-state index >= 15 is 0 Å². The van der Waals surface area contributed by atoms with Crippen molar-refractivity contribution in [3.8, 4) is 23.1 Å². The molecule has 3 aromatic heterocycles. The van der Waals surface area contributed by atoms with Gasteiger partial charge in [-0.3, -0.25) is 9.78 Å². The summed E-state index contributed by atoms with van der Waals surface area (Å²) < 4.78 is 91.5. The van der Waals surface area contributed by atoms with E-state index in [1.165, 1.54) is 29.1 Å². The van der Waals surface area contributed by atoms with Crippen LogP contribution in [0.4, 0.5) is 22.0 Å². The van der Waals surface area contributed by atoms with E-state index in [0.29, 0.717) is 32.1 Å². The minimum Gasteiger partial charge on any atom is -0.481 e. The lowest BCUT2D eigenvalue weighted by molar-refractivity contribution is -0.286. The van der Waals surface area contributed by atoms with Crippen molar-refractivity contribution < 1.29 is 50.8 Å². The fraction of sp³-hybridized carbons (Fsp3) is 0.500. The normalized spacial score (nSPS) is 27.3. The molecular formula is C28H25F5N4O6. The van der Waals surface area contributed by atoms with Crippen molar-refractivity contribution in [1.82, 2.24) is 19.7 Å². The molecule has 4 aliphatic carbocycles. The highest BCUT2D eigenvalue weighted by Crippen LogP contribution is 2.61. The second-order valence-corrected chi connectivity index (χ2v) is 11.5. The number of aromatic nitrogens is 4. The Morgan fingerprint density at radius 2 is 1.93 bits per heavy atom. The molecule has 0 radical (unpaired) electrons. The smallest absolute Gasteiger partial charge is 0.481 e. The molecule has 3 atom stereocenters. The van der Waals surface area contributed by atoms with Crippen LogP contribution < -0.4 is 14.2 Å². The van der Waals surface area contributed by atoms with E-state index in [2.05, 4.69) is 24.5 Å². The molecule has 5 aliphatic rings. The standard InChI is InChI=1S/C28H25F5N4O6/c1-13(17-8-19-21(12-35-17)43-28(32,33)42-19)40-22-7-15(5-6-34-22)37-23-16(24(36-37)27(29,30)31)3-2-4-18(23)41-20-11-26(25(38)39)9-14(20)10-26/h5-8,12-14,18,20H,2-4,9-11H2,1H3,(H,38,39)/t13-,14?,18?,20?,26?/m1/s1. The van der Waals surface area contributed by atoms with Gasteiger partial charge in [0.15, 0.2) is 17.2 Å². The van der Waals surface area contributed by atoms with E-state index in [1.54, 1.807) is 6.92 Å². The van der Waals surface area contributed by atoms with Crippen molar-refractivity contribution >= 4 is 5.97 Å². The number of hydrogen-bond acceptors (Lipinski definition) is 8. The monoisotopic (exact) mass is 608 g/mol. The Kier molecular flexibility index (Phi) is 6.14. The molecule has 15 heteroatoms. The van der Waals surface area contributed by atoms with Crippen LogP contribution in [0.1, 0.15) is 73.9 Å². The summed E-state index contributed by atoms with van der Waals surface area (Å²) >= 11 is 0. The van der Waals surface area contributed by atoms with Crippen LogP contribution in [0.15, 0.2) is 30.6 Å². The third-order valence-electron chi connectivity index (χ3n) is 8.69. The Hall–Kier alpha value is -4.01. The molecule has 0 spiro atoms. The van der Waals surface area contributed by atoms with E-state index in [1.807, 2.05) is 0 Å². The second-order valence-electron chi connectivity index (χ2n) is 11.5. The third kappa shape index (κ3) is 4.73. The Bertz CT molecular complexity index is 1600. The van der Waals surface area contributed by atoms with Gasteiger partial charge < -0.3 is 24.1 Å². The summed E-state index contributed by atoms with van der Waals surface area (Å²) in [7, 11) is 0. The first-order chi connectivity index (χ1) is 20.3. The zero-order valence-electron chi connectivity index (χ0n) is 22.6. The molecule has 0 aromatic carbocycles. The van der Waals surface area contributed by atoms with Gasteiger partial charge in [-0.05, 0) is 57.4 Å². The molecule has 3 fully saturated rings. The number of hydrogen-bond donors (Lipinski definition) is 1. The molecule has 43 heavy (non-hydrogen) atoms. The number of aliphatic carboxylic acids is 1. The van der Waals surface area contributed by atoms with Gasteiger partial charge in [0.25, 0.3) is 0 Å². The topological polar surface area (TPSA) is 118 Å². The van der Waals surface area contributed by atoms with Gasteiger partial charge in [0.1, 0.15) is 12.2 Å². The number of rotatable bonds is 7. The molecule has 4 heterocycles. The molecule has 0 amide bonds. The molecule has 1 aliphatic heterocycles. The first-order valence-electron chi connectivity index (χ1n) is 13.8. The van der Waals surface area contributed by atoms with Crippen molar-refractivity contribution in [3.63, 3.8) is 0 Å². The summed E-state index contributed by atoms with van der Waals surface area (Å²) in [5, 5.41) is 13.6. The number of carbonyl (C=O) groups is 1. The summed E-state index contributed by atoms with van der Waals surface area (Å²) in [5.74, 6) is -1.22. The van der Waals surface area contributed by atoms with Crippen LogP contribution in [0, 0.1) is 11.3 Å². The molecule has 2 unspecified atom stereocenters. The van der Waals surface area contributed by atoms with Crippen molar-refractivity contribution in [2.45, 2.75) is 76.2 Å². The molecule has 1 N–H and O–H groups in total. The number of nitrogens with zero attached hydrogens (tertiary/aromatic N) is 4. The quantitative estimate of drug-likeness (QED) is 0.333. The zero-order valence-corrected chi connectivity index (χ0v) is 22.6. The predicted octanol–water partition coefficient (Wildman–Crippen LogP) is 5.79. The van der Waals surface area contributed by atoms with Gasteiger partial charge in [-0.1, -0.05) is 0 Å². The molecule has 8 rings (SSSR count). The molecule has 3 saturated carbocycles. The van der Waals surface area contributed by atoms with Crippen LogP contribution in [-0.4, -0.2) is 43.2 Å². The Balaban J connectivity index is 1.18. The second kappa shape index (κ2) is 9.49. The highest BCUT2D eigenvalue weighted by Gasteiger charge is 2.61. The van der Waals surface area contributed by atoms with Crippen molar-refractivity contribution in [3.05, 3.63) is 53.2 Å². The van der Waals surface area contributed by atoms with Crippen molar-refractivity contribution in [2.24, 2.45) is 11.3 Å². The summed E-state index contributed by atoms with van der Waals surface area (Å²) in [5.41, 5.74) is -1.01. The number of carboxylic acid groups (broad SMARTS) is 1. The van der Waals surface area contributed by atoms with Crippen LogP contribution in [0.5, 0.6) is 17.4 Å². The van der Waals surface area contributed by atoms with Gasteiger partial charge in [-0.2, -0.15) is 18.3 Å². The van der Waals surface area contributed by atoms with Gasteiger partial charge in [0.05, 0.1) is 34.8 Å². The minimum absolute atomic E-state index is 0.0286. The molecule has 10 nitrogen and oxygen atoms in total. The van der Waals surface area contributed by atoms with Gasteiger partial charge >= 0.3 is 18.4 Å². The molecule has 228 valence electrons. The van der Waals surface area contributed by atoms with Gasteiger partial charge in [0.2, 0.25) is 5.88 Å². The first kappa shape index (κ1) is 27.8. The highest BCUT2D eigenvalue weighted by atomic mass is 19.4. The van der Waals surface area contributed by atoms with E-state index in [9.17, 15) is 31.9 Å². The molecular weight excluding hydrogens is 583 g/mol. The SMILES string of the molecule is C[C@@H](Oc1cc(-n2nc(C(F)(F)F)c3c2C(OC2CC4(C(=O)O)CC2C4)CCC3)ccn1)c1cc2c(cn1)OC(F)(F)O2. The van der Waals surface area contributed by atoms with E-state index in [4.69, 9.17) is 9.47 Å². The lowest BCUT2D eigenvalue weighted by atomic mass is 9.70. The highest BCUT2D eigenvalue weighted by molar-refractivity contribution is 5.77. The number of carboxylic acids is 1. The maximum atomic E-state index is 14.1. The van der Waals surface area contributed by atoms with Crippen LogP contribution in [0.25, 0.3) is 5.69 Å². The van der Waals surface area contributed by atoms with E-state index < -0.39 is 41.8 Å². The number of pyridine rings is 2. The van der Waals surface area contributed by atoms with E-state index in [0.717, 1.165) is 6.20 Å². The summed E-state index contributed by atoms with van der Waals surface area (Å²) in [6, 6.07) is 4.15. The van der Waals surface area contributed by atoms with Crippen LogP contribution in [-0.2, 0) is 22.1 Å². The Morgan fingerprint density at radius 3 is 2.65 bits per heavy atom. The van der Waals surface area contributed by atoms with Crippen LogP contribution >= 0.6 is 0 Å². The first-order valence-corrected chi connectivity index (χ1v) is 13.8. The average Bonchev–Trinajstić information content (AvgIpc) is 3.65. The fourth-order valence-corrected chi connectivity index (χ4v) is 6.69. The Morgan fingerprint density at radius 1 is 1.16 bits per heavy atom.